The van der Waals surface area contributed by atoms with E-state index < -0.39 is 12.0 Å². The van der Waals surface area contributed by atoms with Crippen molar-refractivity contribution in [3.05, 3.63) is 24.5 Å². The van der Waals surface area contributed by atoms with Crippen LogP contribution in [0.25, 0.3) is 0 Å². The Morgan fingerprint density at radius 1 is 1.35 bits per heavy atom. The third-order valence-electron chi connectivity index (χ3n) is 4.20. The molecule has 0 saturated carbocycles. The Hall–Kier alpha value is -2.15. The summed E-state index contributed by atoms with van der Waals surface area (Å²) in [6.45, 7) is 2.18. The molecule has 0 aromatic carbocycles. The van der Waals surface area contributed by atoms with Gasteiger partial charge in [-0.25, -0.2) is 0 Å². The first kappa shape index (κ1) is 17.2. The van der Waals surface area contributed by atoms with E-state index in [-0.39, 0.29) is 11.8 Å². The Labute approximate surface area is 135 Å². The molecule has 1 atom stereocenters. The number of pyridine rings is 1. The zero-order valence-electron chi connectivity index (χ0n) is 13.1. The summed E-state index contributed by atoms with van der Waals surface area (Å²) in [6.07, 6.45) is 6.14. The van der Waals surface area contributed by atoms with E-state index in [9.17, 15) is 9.59 Å². The van der Waals surface area contributed by atoms with Gasteiger partial charge in [-0.2, -0.15) is 0 Å². The van der Waals surface area contributed by atoms with E-state index in [1.807, 2.05) is 12.1 Å². The second-order valence-electron chi connectivity index (χ2n) is 5.84. The van der Waals surface area contributed by atoms with Crippen molar-refractivity contribution in [2.45, 2.75) is 31.7 Å². The highest BCUT2D eigenvalue weighted by molar-refractivity contribution is 5.79. The molecule has 1 saturated heterocycles. The van der Waals surface area contributed by atoms with Gasteiger partial charge in [0.15, 0.2) is 0 Å². The van der Waals surface area contributed by atoms with Crippen molar-refractivity contribution in [1.29, 1.82) is 0 Å². The van der Waals surface area contributed by atoms with E-state index in [2.05, 4.69) is 15.2 Å². The molecule has 7 heteroatoms. The highest BCUT2D eigenvalue weighted by Crippen LogP contribution is 2.22. The Kier molecular flexibility index (Phi) is 6.34. The van der Waals surface area contributed by atoms with Crippen molar-refractivity contribution in [3.63, 3.8) is 0 Å². The van der Waals surface area contributed by atoms with Crippen molar-refractivity contribution in [2.24, 2.45) is 11.7 Å². The lowest BCUT2D eigenvalue weighted by Gasteiger charge is -2.32. The molecule has 0 spiro atoms. The third kappa shape index (κ3) is 5.21. The summed E-state index contributed by atoms with van der Waals surface area (Å²) in [5.74, 6) is -0.913. The zero-order valence-corrected chi connectivity index (χ0v) is 13.1. The number of hydrogen-bond acceptors (Lipinski definition) is 5. The van der Waals surface area contributed by atoms with Gasteiger partial charge < -0.3 is 21.1 Å². The van der Waals surface area contributed by atoms with Crippen LogP contribution in [0, 0.1) is 5.92 Å². The number of amides is 1. The van der Waals surface area contributed by atoms with Crippen molar-refractivity contribution in [3.8, 4) is 0 Å². The molecule has 4 N–H and O–H groups in total. The molecule has 0 bridgehead atoms. The van der Waals surface area contributed by atoms with Crippen LogP contribution in [0.4, 0.5) is 5.69 Å². The second-order valence-corrected chi connectivity index (χ2v) is 5.84. The van der Waals surface area contributed by atoms with Gasteiger partial charge in [0.2, 0.25) is 5.91 Å². The predicted octanol–water partition coefficient (Wildman–Crippen LogP) is 0.606. The van der Waals surface area contributed by atoms with E-state index in [0.29, 0.717) is 19.4 Å². The number of carboxylic acid groups (broad SMARTS) is 1. The van der Waals surface area contributed by atoms with E-state index in [0.717, 1.165) is 31.6 Å². The Bertz CT molecular complexity index is 515. The van der Waals surface area contributed by atoms with Gasteiger partial charge in [0, 0.05) is 43.6 Å². The lowest BCUT2D eigenvalue weighted by atomic mass is 9.95. The van der Waals surface area contributed by atoms with Crippen LogP contribution in [0.3, 0.4) is 0 Å². The van der Waals surface area contributed by atoms with Crippen LogP contribution in [-0.4, -0.2) is 47.6 Å². The van der Waals surface area contributed by atoms with Gasteiger partial charge in [0.25, 0.3) is 0 Å². The maximum Gasteiger partial charge on any atom is 0.320 e. The minimum absolute atomic E-state index is 0.0289. The van der Waals surface area contributed by atoms with E-state index in [1.54, 1.807) is 12.4 Å². The quantitative estimate of drug-likeness (QED) is 0.635. The summed E-state index contributed by atoms with van der Waals surface area (Å²) in [7, 11) is 0. The second kappa shape index (κ2) is 8.47. The first-order valence-corrected chi connectivity index (χ1v) is 7.99. The summed E-state index contributed by atoms with van der Waals surface area (Å²) in [4.78, 5) is 29.0. The van der Waals surface area contributed by atoms with Gasteiger partial charge in [-0.05, 0) is 37.8 Å². The van der Waals surface area contributed by atoms with Gasteiger partial charge in [0.05, 0.1) is 0 Å². The van der Waals surface area contributed by atoms with Crippen molar-refractivity contribution < 1.29 is 14.7 Å². The van der Waals surface area contributed by atoms with Crippen LogP contribution in [0.1, 0.15) is 25.7 Å². The minimum atomic E-state index is -1.00. The summed E-state index contributed by atoms with van der Waals surface area (Å²) >= 11 is 0. The Morgan fingerprint density at radius 3 is 2.61 bits per heavy atom. The highest BCUT2D eigenvalue weighted by atomic mass is 16.4. The topological polar surface area (TPSA) is 109 Å². The summed E-state index contributed by atoms with van der Waals surface area (Å²) in [5, 5.41) is 11.6. The number of aromatic nitrogens is 1. The summed E-state index contributed by atoms with van der Waals surface area (Å²) in [6, 6.07) is 3.11. The molecule has 1 fully saturated rings. The van der Waals surface area contributed by atoms with Gasteiger partial charge in [-0.15, -0.1) is 0 Å². The average molecular weight is 320 g/mol. The van der Waals surface area contributed by atoms with Crippen LogP contribution in [-0.2, 0) is 9.59 Å². The predicted molar refractivity (Wildman–Crippen MR) is 87.0 cm³/mol. The van der Waals surface area contributed by atoms with Crippen molar-refractivity contribution in [1.82, 2.24) is 10.3 Å². The van der Waals surface area contributed by atoms with Crippen LogP contribution in [0.2, 0.25) is 0 Å². The zero-order chi connectivity index (χ0) is 16.7. The fraction of sp³-hybridized carbons (Fsp3) is 0.562. The molecule has 2 rings (SSSR count). The van der Waals surface area contributed by atoms with Crippen molar-refractivity contribution in [2.75, 3.05) is 24.5 Å². The molecule has 1 aliphatic rings. The van der Waals surface area contributed by atoms with Gasteiger partial charge in [-0.3, -0.25) is 14.6 Å². The van der Waals surface area contributed by atoms with Gasteiger partial charge in [0.1, 0.15) is 6.04 Å². The first-order valence-electron chi connectivity index (χ1n) is 7.99. The molecule has 1 aromatic heterocycles. The molecular formula is C16H24N4O3. The number of carbonyl (C=O) groups excluding carboxylic acids is 1. The van der Waals surface area contributed by atoms with Crippen LogP contribution in [0.15, 0.2) is 24.5 Å². The summed E-state index contributed by atoms with van der Waals surface area (Å²) < 4.78 is 0. The number of nitrogens with zero attached hydrogens (tertiary/aromatic N) is 2. The smallest absolute Gasteiger partial charge is 0.320 e. The Morgan fingerprint density at radius 2 is 2.00 bits per heavy atom. The number of hydrogen-bond donors (Lipinski definition) is 3. The third-order valence-corrected chi connectivity index (χ3v) is 4.20. The first-order chi connectivity index (χ1) is 11.1. The lowest BCUT2D eigenvalue weighted by Crippen LogP contribution is -2.41. The molecule has 1 aliphatic heterocycles. The number of carbonyl (C=O) groups is 2. The highest BCUT2D eigenvalue weighted by Gasteiger charge is 2.24. The number of nitrogens with two attached hydrogens (primary N) is 1. The number of carboxylic acids is 1. The number of nitrogens with one attached hydrogen (secondary N) is 1. The monoisotopic (exact) mass is 320 g/mol. The lowest BCUT2D eigenvalue weighted by molar-refractivity contribution is -0.138. The Balaban J connectivity index is 1.67. The molecule has 1 unspecified atom stereocenters. The molecule has 7 nitrogen and oxygen atoms in total. The number of aliphatic carboxylic acids is 1. The van der Waals surface area contributed by atoms with Crippen LogP contribution in [0.5, 0.6) is 0 Å². The molecule has 1 amide bonds. The maximum absolute atomic E-state index is 12.1. The summed E-state index contributed by atoms with van der Waals surface area (Å²) in [5.41, 5.74) is 6.56. The largest absolute Gasteiger partial charge is 0.480 e. The van der Waals surface area contributed by atoms with E-state index in [4.69, 9.17) is 10.8 Å². The molecule has 1 aromatic rings. The van der Waals surface area contributed by atoms with E-state index in [1.165, 1.54) is 0 Å². The number of anilines is 1. The molecule has 2 heterocycles. The molecular weight excluding hydrogens is 296 g/mol. The van der Waals surface area contributed by atoms with Crippen molar-refractivity contribution >= 4 is 17.6 Å². The van der Waals surface area contributed by atoms with Crippen LogP contribution >= 0.6 is 0 Å². The number of rotatable bonds is 7. The maximum atomic E-state index is 12.1. The SMILES string of the molecule is NC(CCCNC(=O)C1CCN(c2ccncc2)CC1)C(=O)O. The minimum Gasteiger partial charge on any atom is -0.480 e. The fourth-order valence-corrected chi connectivity index (χ4v) is 2.76. The molecule has 126 valence electrons. The normalized spacial score (nSPS) is 16.8. The van der Waals surface area contributed by atoms with Gasteiger partial charge in [-0.1, -0.05) is 0 Å². The molecule has 0 aliphatic carbocycles. The van der Waals surface area contributed by atoms with Gasteiger partial charge >= 0.3 is 5.97 Å². The average Bonchev–Trinajstić information content (AvgIpc) is 2.59. The molecule has 0 radical (unpaired) electrons. The van der Waals surface area contributed by atoms with Crippen LogP contribution < -0.4 is 16.0 Å². The standard InChI is InChI=1S/C16H24N4O3/c17-14(16(22)23)2-1-7-19-15(21)12-5-10-20(11-6-12)13-3-8-18-9-4-13/h3-4,8-9,12,14H,1-2,5-7,10-11,17H2,(H,19,21)(H,22,23). The number of piperidine rings is 1. The fourth-order valence-electron chi connectivity index (χ4n) is 2.76. The van der Waals surface area contributed by atoms with E-state index >= 15 is 0 Å². The molecule has 23 heavy (non-hydrogen) atoms.